The fourth-order valence-corrected chi connectivity index (χ4v) is 4.98. The quantitative estimate of drug-likeness (QED) is 0.400. The second-order valence-corrected chi connectivity index (χ2v) is 9.01. The number of thiophene rings is 1. The number of ether oxygens (including phenoxy) is 1. The van der Waals surface area contributed by atoms with Crippen LogP contribution in [0.25, 0.3) is 0 Å². The number of amides is 3. The van der Waals surface area contributed by atoms with Crippen LogP contribution in [0.3, 0.4) is 0 Å². The lowest BCUT2D eigenvalue weighted by Gasteiger charge is -2.23. The van der Waals surface area contributed by atoms with Gasteiger partial charge in [0, 0.05) is 11.8 Å². The largest absolute Gasteiger partial charge is 0.453 e. The Hall–Kier alpha value is -2.55. The molecule has 1 aliphatic heterocycles. The number of rotatable bonds is 7. The SMILES string of the molecule is CC(=O)NCc1ccc(C(=O)C(C)OC(=O)[C@H](C)N2C(=O)C3CCCCC3C2=O)s1. The molecule has 1 saturated heterocycles. The van der Waals surface area contributed by atoms with Crippen LogP contribution in [0.5, 0.6) is 0 Å². The maximum atomic E-state index is 12.7. The molecule has 9 heteroatoms. The van der Waals surface area contributed by atoms with Crippen molar-refractivity contribution in [1.82, 2.24) is 10.2 Å². The molecule has 8 nitrogen and oxygen atoms in total. The van der Waals surface area contributed by atoms with E-state index in [1.165, 1.54) is 32.1 Å². The third-order valence-electron chi connectivity index (χ3n) is 5.68. The summed E-state index contributed by atoms with van der Waals surface area (Å²) < 4.78 is 5.30. The summed E-state index contributed by atoms with van der Waals surface area (Å²) in [6.45, 7) is 4.66. The molecular formula is C21H26N2O6S. The van der Waals surface area contributed by atoms with Crippen LogP contribution in [0.15, 0.2) is 12.1 Å². The van der Waals surface area contributed by atoms with Gasteiger partial charge in [-0.25, -0.2) is 4.79 Å². The number of carbonyl (C=O) groups excluding carboxylic acids is 5. The van der Waals surface area contributed by atoms with E-state index in [0.717, 1.165) is 22.6 Å². The summed E-state index contributed by atoms with van der Waals surface area (Å²) in [6.07, 6.45) is 2.09. The molecular weight excluding hydrogens is 408 g/mol. The first kappa shape index (κ1) is 22.1. The zero-order chi connectivity index (χ0) is 22.0. The molecule has 3 unspecified atom stereocenters. The minimum absolute atomic E-state index is 0.168. The molecule has 0 bridgehead atoms. The molecule has 1 saturated carbocycles. The van der Waals surface area contributed by atoms with Gasteiger partial charge in [0.25, 0.3) is 0 Å². The Bertz CT molecular complexity index is 855. The first-order valence-electron chi connectivity index (χ1n) is 10.2. The first-order valence-corrected chi connectivity index (χ1v) is 11.0. The molecule has 3 rings (SSSR count). The van der Waals surface area contributed by atoms with Crippen molar-refractivity contribution >= 4 is 40.8 Å². The predicted molar refractivity (Wildman–Crippen MR) is 108 cm³/mol. The van der Waals surface area contributed by atoms with Crippen molar-refractivity contribution in [3.8, 4) is 0 Å². The topological polar surface area (TPSA) is 110 Å². The summed E-state index contributed by atoms with van der Waals surface area (Å²) >= 11 is 1.21. The van der Waals surface area contributed by atoms with Gasteiger partial charge in [0.2, 0.25) is 23.5 Å². The van der Waals surface area contributed by atoms with Crippen LogP contribution < -0.4 is 5.32 Å². The second kappa shape index (κ2) is 9.07. The number of Topliss-reactive ketones (excluding diaryl/α,β-unsaturated/α-hetero) is 1. The third kappa shape index (κ3) is 4.45. The normalized spacial score (nSPS) is 23.0. The molecule has 1 aromatic rings. The van der Waals surface area contributed by atoms with E-state index in [-0.39, 0.29) is 35.3 Å². The van der Waals surface area contributed by atoms with E-state index in [4.69, 9.17) is 4.74 Å². The number of nitrogens with zero attached hydrogens (tertiary/aromatic N) is 1. The van der Waals surface area contributed by atoms with Crippen molar-refractivity contribution in [1.29, 1.82) is 0 Å². The summed E-state index contributed by atoms with van der Waals surface area (Å²) in [4.78, 5) is 63.7. The number of nitrogens with one attached hydrogen (secondary N) is 1. The highest BCUT2D eigenvalue weighted by Gasteiger charge is 2.51. The predicted octanol–water partition coefficient (Wildman–Crippen LogP) is 2.06. The van der Waals surface area contributed by atoms with E-state index < -0.39 is 18.1 Å². The average Bonchev–Trinajstić information content (AvgIpc) is 3.29. The molecule has 162 valence electrons. The molecule has 30 heavy (non-hydrogen) atoms. The van der Waals surface area contributed by atoms with Crippen LogP contribution in [0.2, 0.25) is 0 Å². The Labute approximate surface area is 178 Å². The van der Waals surface area contributed by atoms with E-state index in [9.17, 15) is 24.0 Å². The first-order chi connectivity index (χ1) is 14.2. The number of esters is 1. The fourth-order valence-electron chi connectivity index (χ4n) is 4.02. The molecule has 2 aliphatic rings. The van der Waals surface area contributed by atoms with Gasteiger partial charge in [-0.1, -0.05) is 12.8 Å². The maximum absolute atomic E-state index is 12.7. The van der Waals surface area contributed by atoms with Crippen molar-refractivity contribution < 1.29 is 28.7 Å². The van der Waals surface area contributed by atoms with Crippen molar-refractivity contribution in [2.45, 2.75) is 65.1 Å². The monoisotopic (exact) mass is 434 g/mol. The van der Waals surface area contributed by atoms with Gasteiger partial charge in [-0.05, 0) is 38.8 Å². The Kier molecular flexibility index (Phi) is 6.70. The molecule has 0 aromatic carbocycles. The van der Waals surface area contributed by atoms with Gasteiger partial charge in [-0.2, -0.15) is 0 Å². The van der Waals surface area contributed by atoms with Gasteiger partial charge in [0.05, 0.1) is 23.3 Å². The summed E-state index contributed by atoms with van der Waals surface area (Å²) in [7, 11) is 0. The number of carbonyl (C=O) groups is 5. The van der Waals surface area contributed by atoms with Crippen LogP contribution >= 0.6 is 11.3 Å². The maximum Gasteiger partial charge on any atom is 0.329 e. The molecule has 2 heterocycles. The third-order valence-corrected chi connectivity index (χ3v) is 6.78. The molecule has 2 fully saturated rings. The Morgan fingerprint density at radius 2 is 1.73 bits per heavy atom. The van der Waals surface area contributed by atoms with Crippen LogP contribution in [0.4, 0.5) is 0 Å². The Balaban J connectivity index is 1.61. The van der Waals surface area contributed by atoms with Crippen LogP contribution in [-0.4, -0.2) is 46.5 Å². The van der Waals surface area contributed by atoms with Gasteiger partial charge < -0.3 is 10.1 Å². The van der Waals surface area contributed by atoms with E-state index >= 15 is 0 Å². The average molecular weight is 435 g/mol. The number of fused-ring (bicyclic) bond motifs is 1. The van der Waals surface area contributed by atoms with Gasteiger partial charge in [0.15, 0.2) is 6.10 Å². The van der Waals surface area contributed by atoms with Crippen molar-refractivity contribution in [2.75, 3.05) is 0 Å². The molecule has 3 amide bonds. The van der Waals surface area contributed by atoms with Gasteiger partial charge in [-0.15, -0.1) is 11.3 Å². The van der Waals surface area contributed by atoms with E-state index in [0.29, 0.717) is 24.3 Å². The Morgan fingerprint density at radius 1 is 1.13 bits per heavy atom. The van der Waals surface area contributed by atoms with Crippen LogP contribution in [-0.2, 0) is 30.5 Å². The zero-order valence-corrected chi connectivity index (χ0v) is 18.1. The second-order valence-electron chi connectivity index (χ2n) is 7.84. The smallest absolute Gasteiger partial charge is 0.329 e. The number of hydrogen-bond acceptors (Lipinski definition) is 7. The highest BCUT2D eigenvalue weighted by molar-refractivity contribution is 7.14. The number of likely N-dealkylation sites (tertiary alicyclic amines) is 1. The lowest BCUT2D eigenvalue weighted by Crippen LogP contribution is -2.45. The van der Waals surface area contributed by atoms with E-state index in [2.05, 4.69) is 5.32 Å². The highest BCUT2D eigenvalue weighted by Crippen LogP contribution is 2.39. The summed E-state index contributed by atoms with van der Waals surface area (Å²) in [5.41, 5.74) is 0. The Morgan fingerprint density at radius 3 is 2.30 bits per heavy atom. The minimum atomic E-state index is -1.07. The number of imide groups is 1. The van der Waals surface area contributed by atoms with Crippen molar-refractivity contribution in [2.24, 2.45) is 11.8 Å². The fraction of sp³-hybridized carbons (Fsp3) is 0.571. The summed E-state index contributed by atoms with van der Waals surface area (Å²) in [5.74, 6) is -2.61. The van der Waals surface area contributed by atoms with Crippen LogP contribution in [0, 0.1) is 11.8 Å². The van der Waals surface area contributed by atoms with Gasteiger partial charge in [-0.3, -0.25) is 24.1 Å². The highest BCUT2D eigenvalue weighted by atomic mass is 32.1. The summed E-state index contributed by atoms with van der Waals surface area (Å²) in [6, 6.07) is 2.29. The lowest BCUT2D eigenvalue weighted by molar-refractivity contribution is -0.159. The molecule has 4 atom stereocenters. The summed E-state index contributed by atoms with van der Waals surface area (Å²) in [5, 5.41) is 2.66. The standard InChI is InChI=1S/C21H26N2O6S/c1-11(23-19(26)15-6-4-5-7-16(15)20(23)27)21(28)29-12(2)18(25)17-9-8-14(30-17)10-22-13(3)24/h8-9,11-12,15-16H,4-7,10H2,1-3H3,(H,22,24)/t11-,12?,15?,16?/m0/s1. The zero-order valence-electron chi connectivity index (χ0n) is 17.3. The molecule has 0 radical (unpaired) electrons. The van der Waals surface area contributed by atoms with Gasteiger partial charge in [0.1, 0.15) is 6.04 Å². The van der Waals surface area contributed by atoms with E-state index in [1.54, 1.807) is 12.1 Å². The van der Waals surface area contributed by atoms with Crippen molar-refractivity contribution in [3.63, 3.8) is 0 Å². The molecule has 1 aliphatic carbocycles. The van der Waals surface area contributed by atoms with Crippen LogP contribution in [0.1, 0.15) is 61.0 Å². The van der Waals surface area contributed by atoms with Crippen molar-refractivity contribution in [3.05, 3.63) is 21.9 Å². The lowest BCUT2D eigenvalue weighted by atomic mass is 9.81. The van der Waals surface area contributed by atoms with Gasteiger partial charge >= 0.3 is 5.97 Å². The minimum Gasteiger partial charge on any atom is -0.453 e. The molecule has 0 spiro atoms. The number of hydrogen-bond donors (Lipinski definition) is 1. The number of ketones is 1. The van der Waals surface area contributed by atoms with E-state index in [1.807, 2.05) is 0 Å². The molecule has 1 aromatic heterocycles. The molecule has 1 N–H and O–H groups in total.